The second kappa shape index (κ2) is 5.72. The van der Waals surface area contributed by atoms with Gasteiger partial charge >= 0.3 is 5.97 Å². The molecule has 0 radical (unpaired) electrons. The summed E-state index contributed by atoms with van der Waals surface area (Å²) in [6, 6.07) is 1.94. The van der Waals surface area contributed by atoms with E-state index in [0.717, 1.165) is 10.6 Å². The summed E-state index contributed by atoms with van der Waals surface area (Å²) in [7, 11) is 0. The van der Waals surface area contributed by atoms with Crippen LogP contribution >= 0.6 is 22.7 Å². The van der Waals surface area contributed by atoms with Crippen LogP contribution in [-0.2, 0) is 4.79 Å². The highest BCUT2D eigenvalue weighted by Crippen LogP contribution is 2.25. The van der Waals surface area contributed by atoms with Gasteiger partial charge < -0.3 is 10.4 Å². The summed E-state index contributed by atoms with van der Waals surface area (Å²) in [4.78, 5) is 27.2. The minimum Gasteiger partial charge on any atom is -0.481 e. The van der Waals surface area contributed by atoms with Gasteiger partial charge in [0.2, 0.25) is 0 Å². The molecule has 20 heavy (non-hydrogen) atoms. The van der Waals surface area contributed by atoms with Crippen LogP contribution in [0.1, 0.15) is 24.3 Å². The lowest BCUT2D eigenvalue weighted by Gasteiger charge is -2.18. The molecular weight excluding hydrogens is 296 g/mol. The van der Waals surface area contributed by atoms with Gasteiger partial charge in [-0.1, -0.05) is 0 Å². The van der Waals surface area contributed by atoms with E-state index in [1.54, 1.807) is 30.6 Å². The molecule has 7 heteroatoms. The topological polar surface area (TPSA) is 79.3 Å². The normalized spacial score (nSPS) is 11.3. The quantitative estimate of drug-likeness (QED) is 0.890. The molecule has 2 rings (SSSR count). The van der Waals surface area contributed by atoms with E-state index in [1.807, 2.05) is 16.8 Å². The largest absolute Gasteiger partial charge is 0.481 e. The maximum absolute atomic E-state index is 11.9. The van der Waals surface area contributed by atoms with Crippen LogP contribution in [0, 0.1) is 5.41 Å². The summed E-state index contributed by atoms with van der Waals surface area (Å²) < 4.78 is 0. The van der Waals surface area contributed by atoms with E-state index in [1.165, 1.54) is 11.3 Å². The van der Waals surface area contributed by atoms with Gasteiger partial charge in [0.25, 0.3) is 5.91 Å². The van der Waals surface area contributed by atoms with E-state index in [4.69, 9.17) is 5.11 Å². The average molecular weight is 310 g/mol. The number of carbonyl (C=O) groups excluding carboxylic acids is 1. The summed E-state index contributed by atoms with van der Waals surface area (Å²) in [6.07, 6.45) is 0. The summed E-state index contributed by atoms with van der Waals surface area (Å²) in [5.74, 6) is -1.30. The van der Waals surface area contributed by atoms with Crippen molar-refractivity contribution in [3.05, 3.63) is 27.9 Å². The number of aliphatic carboxylic acids is 1. The van der Waals surface area contributed by atoms with Gasteiger partial charge in [-0.3, -0.25) is 9.59 Å². The fourth-order valence-electron chi connectivity index (χ4n) is 1.36. The number of aromatic nitrogens is 1. The molecule has 2 aromatic rings. The molecule has 5 nitrogen and oxygen atoms in total. The molecular formula is C13H14N2O3S2. The molecule has 2 aromatic heterocycles. The van der Waals surface area contributed by atoms with Crippen LogP contribution in [0.15, 0.2) is 22.2 Å². The molecule has 2 N–H and O–H groups in total. The third kappa shape index (κ3) is 3.23. The Hall–Kier alpha value is -1.73. The Balaban J connectivity index is 2.02. The van der Waals surface area contributed by atoms with Crippen molar-refractivity contribution in [1.82, 2.24) is 10.3 Å². The van der Waals surface area contributed by atoms with Crippen molar-refractivity contribution in [2.24, 2.45) is 5.41 Å². The van der Waals surface area contributed by atoms with Gasteiger partial charge in [-0.05, 0) is 25.3 Å². The average Bonchev–Trinajstić information content (AvgIpc) is 3.05. The fraction of sp³-hybridized carbons (Fsp3) is 0.308. The number of nitrogens with zero attached hydrogens (tertiary/aromatic N) is 1. The van der Waals surface area contributed by atoms with Gasteiger partial charge in [0.05, 0.1) is 5.41 Å². The van der Waals surface area contributed by atoms with Crippen LogP contribution in [0.5, 0.6) is 0 Å². The molecule has 0 aliphatic carbocycles. The van der Waals surface area contributed by atoms with Gasteiger partial charge in [-0.15, -0.1) is 11.3 Å². The highest BCUT2D eigenvalue weighted by atomic mass is 32.1. The van der Waals surface area contributed by atoms with Crippen molar-refractivity contribution in [2.75, 3.05) is 6.54 Å². The molecule has 0 spiro atoms. The van der Waals surface area contributed by atoms with E-state index >= 15 is 0 Å². The molecule has 1 amide bonds. The van der Waals surface area contributed by atoms with Crippen molar-refractivity contribution >= 4 is 34.6 Å². The standard InChI is InChI=1S/C13H14N2O3S2/c1-13(2,12(17)18)7-14-10(16)9-6-20-11(15-9)8-3-4-19-5-8/h3-6H,7H2,1-2H3,(H,14,16)(H,17,18). The highest BCUT2D eigenvalue weighted by molar-refractivity contribution is 7.14. The summed E-state index contributed by atoms with van der Waals surface area (Å²) in [6.45, 7) is 3.19. The van der Waals surface area contributed by atoms with Crippen molar-refractivity contribution < 1.29 is 14.7 Å². The summed E-state index contributed by atoms with van der Waals surface area (Å²) >= 11 is 2.96. The molecule has 106 valence electrons. The zero-order chi connectivity index (χ0) is 14.8. The maximum Gasteiger partial charge on any atom is 0.310 e. The Labute approximate surface area is 124 Å². The molecule has 0 fully saturated rings. The van der Waals surface area contributed by atoms with Gasteiger partial charge in [-0.2, -0.15) is 11.3 Å². The Kier molecular flexibility index (Phi) is 4.20. The monoisotopic (exact) mass is 310 g/mol. The van der Waals surface area contributed by atoms with Gasteiger partial charge in [-0.25, -0.2) is 4.98 Å². The lowest BCUT2D eigenvalue weighted by atomic mass is 9.94. The molecule has 0 aromatic carbocycles. The Morgan fingerprint density at radius 3 is 2.75 bits per heavy atom. The Bertz CT molecular complexity index is 617. The number of hydrogen-bond donors (Lipinski definition) is 2. The van der Waals surface area contributed by atoms with Crippen LogP contribution < -0.4 is 5.32 Å². The van der Waals surface area contributed by atoms with Crippen molar-refractivity contribution in [2.45, 2.75) is 13.8 Å². The Morgan fingerprint density at radius 1 is 1.40 bits per heavy atom. The number of thiophene rings is 1. The third-order valence-electron chi connectivity index (χ3n) is 2.77. The van der Waals surface area contributed by atoms with Crippen LogP contribution in [0.4, 0.5) is 0 Å². The van der Waals surface area contributed by atoms with Crippen molar-refractivity contribution in [3.8, 4) is 10.6 Å². The summed E-state index contributed by atoms with van der Waals surface area (Å²) in [5, 5.41) is 18.0. The highest BCUT2D eigenvalue weighted by Gasteiger charge is 2.28. The first-order chi connectivity index (χ1) is 9.40. The zero-order valence-corrected chi connectivity index (χ0v) is 12.7. The Morgan fingerprint density at radius 2 is 2.15 bits per heavy atom. The fourth-order valence-corrected chi connectivity index (χ4v) is 2.88. The number of carbonyl (C=O) groups is 2. The second-order valence-electron chi connectivity index (χ2n) is 4.92. The molecule has 2 heterocycles. The smallest absolute Gasteiger partial charge is 0.310 e. The number of hydrogen-bond acceptors (Lipinski definition) is 5. The molecule has 0 bridgehead atoms. The zero-order valence-electron chi connectivity index (χ0n) is 11.0. The molecule has 0 aliphatic heterocycles. The molecule has 0 aliphatic rings. The number of thiazole rings is 1. The minimum absolute atomic E-state index is 0.0620. The van der Waals surface area contributed by atoms with Crippen LogP contribution in [0.25, 0.3) is 10.6 Å². The van der Waals surface area contributed by atoms with E-state index in [-0.39, 0.29) is 12.5 Å². The maximum atomic E-state index is 11.9. The molecule has 0 saturated carbocycles. The van der Waals surface area contributed by atoms with Crippen molar-refractivity contribution in [3.63, 3.8) is 0 Å². The van der Waals surface area contributed by atoms with Crippen molar-refractivity contribution in [1.29, 1.82) is 0 Å². The van der Waals surface area contributed by atoms with Crippen LogP contribution in [0.3, 0.4) is 0 Å². The lowest BCUT2D eigenvalue weighted by Crippen LogP contribution is -2.39. The predicted molar refractivity (Wildman–Crippen MR) is 79.2 cm³/mol. The number of rotatable bonds is 5. The van der Waals surface area contributed by atoms with E-state index in [9.17, 15) is 9.59 Å². The van der Waals surface area contributed by atoms with Gasteiger partial charge in [0, 0.05) is 22.9 Å². The van der Waals surface area contributed by atoms with Gasteiger partial charge in [0.1, 0.15) is 10.7 Å². The minimum atomic E-state index is -0.998. The number of nitrogens with one attached hydrogen (secondary N) is 1. The first-order valence-corrected chi connectivity index (χ1v) is 7.72. The summed E-state index contributed by atoms with van der Waals surface area (Å²) in [5.41, 5.74) is 0.310. The van der Waals surface area contributed by atoms with Gasteiger partial charge in [0.15, 0.2) is 0 Å². The van der Waals surface area contributed by atoms with Crippen LogP contribution in [0.2, 0.25) is 0 Å². The molecule has 0 atom stereocenters. The van der Waals surface area contributed by atoms with Crippen LogP contribution in [-0.4, -0.2) is 28.5 Å². The number of amides is 1. The SMILES string of the molecule is CC(C)(CNC(=O)c1csc(-c2ccsc2)n1)C(=O)O. The first kappa shape index (κ1) is 14.7. The van der Waals surface area contributed by atoms with E-state index in [2.05, 4.69) is 10.3 Å². The third-order valence-corrected chi connectivity index (χ3v) is 4.35. The first-order valence-electron chi connectivity index (χ1n) is 5.90. The lowest BCUT2D eigenvalue weighted by molar-refractivity contribution is -0.146. The second-order valence-corrected chi connectivity index (χ2v) is 6.56. The van der Waals surface area contributed by atoms with E-state index in [0.29, 0.717) is 5.69 Å². The molecule has 0 saturated heterocycles. The number of carboxylic acid groups (broad SMARTS) is 1. The van der Waals surface area contributed by atoms with E-state index < -0.39 is 11.4 Å². The number of carboxylic acids is 1. The predicted octanol–water partition coefficient (Wildman–Crippen LogP) is 2.71. The molecule has 0 unspecified atom stereocenters.